The quantitative estimate of drug-likeness (QED) is 0.567. The number of nitrogens with one attached hydrogen (secondary N) is 1. The molecule has 3 aromatic rings. The van der Waals surface area contributed by atoms with Crippen LogP contribution >= 0.6 is 0 Å². The SMILES string of the molecule is C/C(=N\NC(=O)Cn1nnc(-c2ccccc2)n1)c1ccc(C)c(C)c1. The van der Waals surface area contributed by atoms with E-state index in [4.69, 9.17) is 0 Å². The first kappa shape index (κ1) is 17.5. The third-order valence-corrected chi connectivity index (χ3v) is 4.04. The Balaban J connectivity index is 1.62. The van der Waals surface area contributed by atoms with E-state index in [0.717, 1.165) is 16.8 Å². The number of hydrazone groups is 1. The minimum Gasteiger partial charge on any atom is -0.271 e. The minimum atomic E-state index is -0.315. The average Bonchev–Trinajstić information content (AvgIpc) is 3.11. The summed E-state index contributed by atoms with van der Waals surface area (Å²) in [6.45, 7) is 5.91. The molecule has 0 radical (unpaired) electrons. The summed E-state index contributed by atoms with van der Waals surface area (Å²) in [6.07, 6.45) is 0. The van der Waals surface area contributed by atoms with E-state index in [1.165, 1.54) is 15.9 Å². The normalized spacial score (nSPS) is 11.4. The third-order valence-electron chi connectivity index (χ3n) is 4.04. The highest BCUT2D eigenvalue weighted by molar-refractivity contribution is 5.99. The summed E-state index contributed by atoms with van der Waals surface area (Å²) in [5.74, 6) is 0.165. The number of carbonyl (C=O) groups excluding carboxylic acids is 1. The van der Waals surface area contributed by atoms with Gasteiger partial charge in [-0.25, -0.2) is 5.43 Å². The molecule has 0 aliphatic carbocycles. The molecule has 0 saturated heterocycles. The van der Waals surface area contributed by atoms with Crippen molar-refractivity contribution < 1.29 is 4.79 Å². The van der Waals surface area contributed by atoms with Crippen molar-refractivity contribution in [1.82, 2.24) is 25.6 Å². The van der Waals surface area contributed by atoms with Gasteiger partial charge in [-0.2, -0.15) is 9.90 Å². The van der Waals surface area contributed by atoms with Crippen LogP contribution in [0.1, 0.15) is 23.6 Å². The summed E-state index contributed by atoms with van der Waals surface area (Å²) in [5.41, 5.74) is 7.49. The van der Waals surface area contributed by atoms with Gasteiger partial charge in [0.1, 0.15) is 6.54 Å². The van der Waals surface area contributed by atoms with Crippen LogP contribution in [0.2, 0.25) is 0 Å². The van der Waals surface area contributed by atoms with E-state index < -0.39 is 0 Å². The molecule has 0 atom stereocenters. The van der Waals surface area contributed by atoms with Crippen molar-refractivity contribution in [1.29, 1.82) is 0 Å². The maximum atomic E-state index is 12.1. The van der Waals surface area contributed by atoms with Crippen LogP contribution in [-0.4, -0.2) is 31.8 Å². The van der Waals surface area contributed by atoms with Crippen LogP contribution in [0.4, 0.5) is 0 Å². The number of aryl methyl sites for hydroxylation is 2. The first-order valence-corrected chi connectivity index (χ1v) is 8.27. The molecule has 7 heteroatoms. The zero-order valence-electron chi connectivity index (χ0n) is 15.0. The zero-order valence-corrected chi connectivity index (χ0v) is 15.0. The number of carbonyl (C=O) groups is 1. The third kappa shape index (κ3) is 4.18. The summed E-state index contributed by atoms with van der Waals surface area (Å²) in [4.78, 5) is 13.3. The molecule has 1 N–H and O–H groups in total. The highest BCUT2D eigenvalue weighted by Gasteiger charge is 2.09. The Morgan fingerprint density at radius 1 is 1.12 bits per heavy atom. The van der Waals surface area contributed by atoms with Crippen LogP contribution in [0, 0.1) is 13.8 Å². The Bertz CT molecular complexity index is 946. The Hall–Kier alpha value is -3.35. The lowest BCUT2D eigenvalue weighted by Crippen LogP contribution is -2.25. The Morgan fingerprint density at radius 2 is 1.88 bits per heavy atom. The number of tetrazole rings is 1. The average molecular weight is 348 g/mol. The van der Waals surface area contributed by atoms with E-state index >= 15 is 0 Å². The largest absolute Gasteiger partial charge is 0.271 e. The first-order chi connectivity index (χ1) is 12.5. The molecule has 1 amide bonds. The van der Waals surface area contributed by atoms with Crippen molar-refractivity contribution in [2.45, 2.75) is 27.3 Å². The Kier molecular flexibility index (Phi) is 5.17. The second-order valence-corrected chi connectivity index (χ2v) is 6.04. The van der Waals surface area contributed by atoms with Gasteiger partial charge in [0.05, 0.1) is 5.71 Å². The molecule has 7 nitrogen and oxygen atoms in total. The number of aromatic nitrogens is 4. The van der Waals surface area contributed by atoms with Gasteiger partial charge in [0.15, 0.2) is 0 Å². The highest BCUT2D eigenvalue weighted by atomic mass is 16.2. The maximum absolute atomic E-state index is 12.1. The molecule has 2 aromatic carbocycles. The summed E-state index contributed by atoms with van der Waals surface area (Å²) in [7, 11) is 0. The fourth-order valence-electron chi connectivity index (χ4n) is 2.35. The standard InChI is InChI=1S/C19H20N6O/c1-13-9-10-17(11-14(13)2)15(3)20-21-18(26)12-25-23-19(22-24-25)16-7-5-4-6-8-16/h4-11H,12H2,1-3H3,(H,21,26)/b20-15+. The van der Waals surface area contributed by atoms with E-state index in [-0.39, 0.29) is 12.5 Å². The molecule has 26 heavy (non-hydrogen) atoms. The molecular formula is C19H20N6O. The molecule has 0 saturated carbocycles. The molecule has 0 aliphatic heterocycles. The van der Waals surface area contributed by atoms with Crippen LogP contribution < -0.4 is 5.43 Å². The molecule has 1 heterocycles. The summed E-state index contributed by atoms with van der Waals surface area (Å²) in [5, 5.41) is 16.2. The zero-order chi connectivity index (χ0) is 18.5. The van der Waals surface area contributed by atoms with Gasteiger partial charge in [-0.3, -0.25) is 4.79 Å². The van der Waals surface area contributed by atoms with Gasteiger partial charge in [0, 0.05) is 5.56 Å². The van der Waals surface area contributed by atoms with Gasteiger partial charge in [-0.15, -0.1) is 10.2 Å². The van der Waals surface area contributed by atoms with E-state index in [9.17, 15) is 4.79 Å². The van der Waals surface area contributed by atoms with Crippen molar-refractivity contribution in [2.24, 2.45) is 5.10 Å². The predicted octanol–water partition coefficient (Wildman–Crippen LogP) is 2.50. The van der Waals surface area contributed by atoms with E-state index in [1.807, 2.05) is 62.4 Å². The number of rotatable bonds is 5. The molecule has 0 unspecified atom stereocenters. The van der Waals surface area contributed by atoms with Crippen molar-refractivity contribution in [3.8, 4) is 11.4 Å². The lowest BCUT2D eigenvalue weighted by Gasteiger charge is -2.05. The molecule has 0 bridgehead atoms. The molecular weight excluding hydrogens is 328 g/mol. The maximum Gasteiger partial charge on any atom is 0.263 e. The minimum absolute atomic E-state index is 0.0520. The van der Waals surface area contributed by atoms with Crippen molar-refractivity contribution in [3.05, 3.63) is 65.2 Å². The first-order valence-electron chi connectivity index (χ1n) is 8.27. The number of amides is 1. The lowest BCUT2D eigenvalue weighted by atomic mass is 10.0. The smallest absolute Gasteiger partial charge is 0.263 e. The van der Waals surface area contributed by atoms with E-state index in [2.05, 4.69) is 32.9 Å². The van der Waals surface area contributed by atoms with Crippen molar-refractivity contribution >= 4 is 11.6 Å². The lowest BCUT2D eigenvalue weighted by molar-refractivity contribution is -0.122. The van der Waals surface area contributed by atoms with Gasteiger partial charge < -0.3 is 0 Å². The molecule has 1 aromatic heterocycles. The second kappa shape index (κ2) is 7.69. The van der Waals surface area contributed by atoms with Gasteiger partial charge in [0.2, 0.25) is 5.82 Å². The number of hydrogen-bond acceptors (Lipinski definition) is 5. The molecule has 3 rings (SSSR count). The van der Waals surface area contributed by atoms with Crippen molar-refractivity contribution in [2.75, 3.05) is 0 Å². The van der Waals surface area contributed by atoms with Gasteiger partial charge in [0.25, 0.3) is 5.91 Å². The fourth-order valence-corrected chi connectivity index (χ4v) is 2.35. The topological polar surface area (TPSA) is 85.1 Å². The van der Waals surface area contributed by atoms with Gasteiger partial charge in [-0.1, -0.05) is 42.5 Å². The highest BCUT2D eigenvalue weighted by Crippen LogP contribution is 2.12. The predicted molar refractivity (Wildman–Crippen MR) is 99.5 cm³/mol. The van der Waals surface area contributed by atoms with Crippen LogP contribution in [0.25, 0.3) is 11.4 Å². The van der Waals surface area contributed by atoms with Crippen LogP contribution in [0.5, 0.6) is 0 Å². The fraction of sp³-hybridized carbons (Fsp3) is 0.211. The van der Waals surface area contributed by atoms with Gasteiger partial charge in [-0.05, 0) is 48.7 Å². The van der Waals surface area contributed by atoms with E-state index in [0.29, 0.717) is 5.82 Å². The summed E-state index contributed by atoms with van der Waals surface area (Å²) in [6, 6.07) is 15.5. The monoisotopic (exact) mass is 348 g/mol. The number of benzene rings is 2. The van der Waals surface area contributed by atoms with Crippen LogP contribution in [-0.2, 0) is 11.3 Å². The van der Waals surface area contributed by atoms with Gasteiger partial charge >= 0.3 is 0 Å². The Morgan fingerprint density at radius 3 is 2.62 bits per heavy atom. The molecule has 0 aliphatic rings. The summed E-state index contributed by atoms with van der Waals surface area (Å²) >= 11 is 0. The second-order valence-electron chi connectivity index (χ2n) is 6.04. The van der Waals surface area contributed by atoms with Crippen molar-refractivity contribution in [3.63, 3.8) is 0 Å². The summed E-state index contributed by atoms with van der Waals surface area (Å²) < 4.78 is 0. The van der Waals surface area contributed by atoms with Crippen LogP contribution in [0.15, 0.2) is 53.6 Å². The number of nitrogens with zero attached hydrogens (tertiary/aromatic N) is 5. The number of hydrogen-bond donors (Lipinski definition) is 1. The van der Waals surface area contributed by atoms with Crippen LogP contribution in [0.3, 0.4) is 0 Å². The molecule has 0 fully saturated rings. The molecule has 0 spiro atoms. The molecule has 132 valence electrons. The van der Waals surface area contributed by atoms with E-state index in [1.54, 1.807) is 0 Å². The Labute approximate surface area is 151 Å².